The molecule has 0 spiro atoms. The Morgan fingerprint density at radius 2 is 1.53 bits per heavy atom. The molecule has 0 saturated heterocycles. The van der Waals surface area contributed by atoms with E-state index in [0.717, 1.165) is 41.2 Å². The highest BCUT2D eigenvalue weighted by atomic mass is 16.5. The molecule has 2 aromatic rings. The summed E-state index contributed by atoms with van der Waals surface area (Å²) < 4.78 is 12.3. The number of hydrogen-bond acceptors (Lipinski definition) is 5. The normalized spacial score (nSPS) is 17.2. The minimum absolute atomic E-state index is 0.104. The zero-order chi connectivity index (χ0) is 23.1. The highest BCUT2D eigenvalue weighted by molar-refractivity contribution is 5.92. The van der Waals surface area contributed by atoms with E-state index in [1.807, 2.05) is 36.6 Å². The van der Waals surface area contributed by atoms with Crippen molar-refractivity contribution in [1.82, 2.24) is 4.90 Å². The first-order valence-corrected chi connectivity index (χ1v) is 10.1. The van der Waals surface area contributed by atoms with Crippen LogP contribution in [0.25, 0.3) is 11.1 Å². The number of fused-ring (bicyclic) bond motifs is 4. The molecule has 2 aliphatic rings. The van der Waals surface area contributed by atoms with Crippen LogP contribution in [-0.2, 0) is 9.59 Å². The number of ether oxygens (including phenoxy) is 2. The van der Waals surface area contributed by atoms with Crippen LogP contribution in [0.2, 0.25) is 0 Å². The third-order valence-electron chi connectivity index (χ3n) is 4.83. The molecule has 0 amide bonds. The number of carboxylic acid groups (broad SMARTS) is 2. The predicted octanol–water partition coefficient (Wildman–Crippen LogP) is 3.93. The molecule has 2 heterocycles. The maximum Gasteiger partial charge on any atom is 0.328 e. The SMILES string of the molecule is CN(C)CCC=C1c2ccccc2OC=C2c3ccccc3OC12.O=C(O)C=CC(=O)O. The van der Waals surface area contributed by atoms with E-state index in [0.29, 0.717) is 12.2 Å². The highest BCUT2D eigenvalue weighted by Crippen LogP contribution is 2.46. The van der Waals surface area contributed by atoms with Crippen LogP contribution in [-0.4, -0.2) is 53.8 Å². The second-order valence-corrected chi connectivity index (χ2v) is 7.44. The Kier molecular flexibility index (Phi) is 7.46. The smallest absolute Gasteiger partial charge is 0.328 e. The lowest BCUT2D eigenvalue weighted by molar-refractivity contribution is -0.134. The van der Waals surface area contributed by atoms with Crippen molar-refractivity contribution in [1.29, 1.82) is 0 Å². The van der Waals surface area contributed by atoms with Gasteiger partial charge in [0, 0.05) is 41.0 Å². The van der Waals surface area contributed by atoms with Gasteiger partial charge >= 0.3 is 11.9 Å². The first-order chi connectivity index (χ1) is 15.4. The summed E-state index contributed by atoms with van der Waals surface area (Å²) in [6.45, 7) is 1.01. The Morgan fingerprint density at radius 1 is 0.938 bits per heavy atom. The van der Waals surface area contributed by atoms with E-state index in [1.165, 1.54) is 5.57 Å². The lowest BCUT2D eigenvalue weighted by Crippen LogP contribution is -2.16. The van der Waals surface area contributed by atoms with Gasteiger partial charge in [0.1, 0.15) is 11.5 Å². The van der Waals surface area contributed by atoms with Gasteiger partial charge in [-0.1, -0.05) is 42.5 Å². The van der Waals surface area contributed by atoms with Gasteiger partial charge in [0.05, 0.1) is 6.26 Å². The predicted molar refractivity (Wildman–Crippen MR) is 121 cm³/mol. The quantitative estimate of drug-likeness (QED) is 0.687. The number of carbonyl (C=O) groups is 2. The number of nitrogens with zero attached hydrogens (tertiary/aromatic N) is 1. The zero-order valence-corrected chi connectivity index (χ0v) is 17.9. The Labute approximate surface area is 186 Å². The Morgan fingerprint density at radius 3 is 2.16 bits per heavy atom. The van der Waals surface area contributed by atoms with Crippen LogP contribution in [0, 0.1) is 0 Å². The zero-order valence-electron chi connectivity index (χ0n) is 17.9. The lowest BCUT2D eigenvalue weighted by atomic mass is 9.93. The van der Waals surface area contributed by atoms with E-state index in [9.17, 15) is 9.59 Å². The highest BCUT2D eigenvalue weighted by Gasteiger charge is 2.35. The fourth-order valence-electron chi connectivity index (χ4n) is 3.41. The topological polar surface area (TPSA) is 96.3 Å². The standard InChI is InChI=1S/C21H21NO2.C4H4O4/c1-22(2)13-7-10-17-15-8-3-5-11-19(15)23-14-18-16-9-4-6-12-20(16)24-21(17)18;5-3(6)1-2-4(7)8/h3-6,8-12,14,21H,7,13H2,1-2H3;1-2H,(H,5,6)(H,7,8). The fraction of sp³-hybridized carbons (Fsp3) is 0.200. The Balaban J connectivity index is 0.000000312. The van der Waals surface area contributed by atoms with Gasteiger partial charge in [0.15, 0.2) is 6.10 Å². The average Bonchev–Trinajstić information content (AvgIpc) is 3.05. The molecule has 7 heteroatoms. The first kappa shape index (κ1) is 22.8. The summed E-state index contributed by atoms with van der Waals surface area (Å²) in [5.41, 5.74) is 4.51. The average molecular weight is 435 g/mol. The summed E-state index contributed by atoms with van der Waals surface area (Å²) >= 11 is 0. The molecule has 2 aromatic carbocycles. The van der Waals surface area contributed by atoms with Gasteiger partial charge < -0.3 is 24.6 Å². The van der Waals surface area contributed by atoms with Crippen molar-refractivity contribution >= 4 is 23.1 Å². The van der Waals surface area contributed by atoms with Gasteiger partial charge in [0.2, 0.25) is 0 Å². The molecule has 0 radical (unpaired) electrons. The van der Waals surface area contributed by atoms with Crippen LogP contribution >= 0.6 is 0 Å². The molecule has 2 aliphatic heterocycles. The van der Waals surface area contributed by atoms with Gasteiger partial charge in [-0.05, 0) is 32.6 Å². The first-order valence-electron chi connectivity index (χ1n) is 10.1. The Bertz CT molecular complexity index is 1070. The van der Waals surface area contributed by atoms with Crippen LogP contribution < -0.4 is 9.47 Å². The molecule has 166 valence electrons. The van der Waals surface area contributed by atoms with Crippen molar-refractivity contribution in [2.24, 2.45) is 0 Å². The minimum Gasteiger partial charge on any atom is -0.480 e. The van der Waals surface area contributed by atoms with Gasteiger partial charge in [-0.2, -0.15) is 0 Å². The fourth-order valence-corrected chi connectivity index (χ4v) is 3.41. The summed E-state index contributed by atoms with van der Waals surface area (Å²) in [5.74, 6) is -0.702. The molecule has 0 bridgehead atoms. The van der Waals surface area contributed by atoms with Crippen molar-refractivity contribution < 1.29 is 29.3 Å². The van der Waals surface area contributed by atoms with E-state index >= 15 is 0 Å². The van der Waals surface area contributed by atoms with E-state index in [2.05, 4.69) is 43.3 Å². The summed E-state index contributed by atoms with van der Waals surface area (Å²) in [7, 11) is 4.19. The van der Waals surface area contributed by atoms with Crippen LogP contribution in [0.4, 0.5) is 0 Å². The Hall–Kier alpha value is -3.84. The van der Waals surface area contributed by atoms with Crippen molar-refractivity contribution in [3.63, 3.8) is 0 Å². The summed E-state index contributed by atoms with van der Waals surface area (Å²) in [6.07, 6.45) is 6.12. The molecule has 0 fully saturated rings. The molecule has 2 N–H and O–H groups in total. The second kappa shape index (κ2) is 10.5. The van der Waals surface area contributed by atoms with Crippen molar-refractivity contribution in [2.45, 2.75) is 12.5 Å². The van der Waals surface area contributed by atoms with Gasteiger partial charge in [-0.25, -0.2) is 9.59 Å². The van der Waals surface area contributed by atoms with Crippen LogP contribution in [0.15, 0.2) is 73.0 Å². The van der Waals surface area contributed by atoms with E-state index in [1.54, 1.807) is 0 Å². The molecule has 0 aromatic heterocycles. The molecular formula is C25H25NO6. The number of rotatable bonds is 5. The molecule has 32 heavy (non-hydrogen) atoms. The number of hydrogen-bond donors (Lipinski definition) is 2. The minimum atomic E-state index is -1.26. The van der Waals surface area contributed by atoms with Gasteiger partial charge in [-0.3, -0.25) is 0 Å². The lowest BCUT2D eigenvalue weighted by Gasteiger charge is -2.17. The molecular weight excluding hydrogens is 410 g/mol. The third kappa shape index (κ3) is 5.65. The summed E-state index contributed by atoms with van der Waals surface area (Å²) in [4.78, 5) is 21.3. The van der Waals surface area contributed by atoms with E-state index in [4.69, 9.17) is 19.7 Å². The second-order valence-electron chi connectivity index (χ2n) is 7.44. The molecule has 0 aliphatic carbocycles. The molecule has 4 rings (SSSR count). The third-order valence-corrected chi connectivity index (χ3v) is 4.83. The van der Waals surface area contributed by atoms with Crippen LogP contribution in [0.3, 0.4) is 0 Å². The van der Waals surface area contributed by atoms with Gasteiger partial charge in [-0.15, -0.1) is 0 Å². The van der Waals surface area contributed by atoms with Crippen molar-refractivity contribution in [3.8, 4) is 11.5 Å². The van der Waals surface area contributed by atoms with E-state index in [-0.39, 0.29) is 6.10 Å². The maximum atomic E-state index is 9.55. The maximum absolute atomic E-state index is 9.55. The van der Waals surface area contributed by atoms with Crippen molar-refractivity contribution in [3.05, 3.63) is 84.1 Å². The number of carboxylic acids is 2. The molecule has 0 saturated carbocycles. The van der Waals surface area contributed by atoms with E-state index < -0.39 is 11.9 Å². The number of aliphatic carboxylic acids is 2. The van der Waals surface area contributed by atoms with Crippen LogP contribution in [0.1, 0.15) is 17.5 Å². The van der Waals surface area contributed by atoms with Gasteiger partial charge in [0.25, 0.3) is 0 Å². The summed E-state index contributed by atoms with van der Waals surface area (Å²) in [6, 6.07) is 16.3. The van der Waals surface area contributed by atoms with Crippen molar-refractivity contribution in [2.75, 3.05) is 20.6 Å². The molecule has 1 atom stereocenters. The largest absolute Gasteiger partial charge is 0.480 e. The summed E-state index contributed by atoms with van der Waals surface area (Å²) in [5, 5.41) is 15.6. The number of para-hydroxylation sites is 2. The van der Waals surface area contributed by atoms with Crippen LogP contribution in [0.5, 0.6) is 11.5 Å². The molecule has 1 unspecified atom stereocenters. The molecule has 7 nitrogen and oxygen atoms in total. The monoisotopic (exact) mass is 435 g/mol. The number of benzene rings is 2.